The van der Waals surface area contributed by atoms with Crippen molar-refractivity contribution in [3.8, 4) is 0 Å². The lowest BCUT2D eigenvalue weighted by atomic mass is 10.0. The number of fused-ring (bicyclic) bond motifs is 1. The van der Waals surface area contributed by atoms with Crippen LogP contribution in [0.1, 0.15) is 78.3 Å². The molecule has 168 valence electrons. The first-order valence-corrected chi connectivity index (χ1v) is 13.1. The summed E-state index contributed by atoms with van der Waals surface area (Å²) in [5, 5.41) is 8.38. The van der Waals surface area contributed by atoms with Gasteiger partial charge in [0.2, 0.25) is 0 Å². The van der Waals surface area contributed by atoms with E-state index in [9.17, 15) is 13.2 Å². The van der Waals surface area contributed by atoms with Crippen LogP contribution < -0.4 is 5.32 Å². The van der Waals surface area contributed by atoms with Crippen LogP contribution >= 0.6 is 0 Å². The normalized spacial score (nSPS) is 20.2. The number of pyridine rings is 1. The van der Waals surface area contributed by atoms with Crippen LogP contribution in [0, 0.1) is 6.92 Å². The van der Waals surface area contributed by atoms with Crippen LogP contribution in [0.5, 0.6) is 0 Å². The SMILES string of the molecule is Cc1nn([C@H]2CCS(=O)(=O)C2)c2nc(C3CC3)cc(C(=O)Nc3ccc(C(C)C)cc3)c12. The zero-order valence-electron chi connectivity index (χ0n) is 18.6. The van der Waals surface area contributed by atoms with E-state index in [1.165, 1.54) is 5.56 Å². The third-order valence-corrected chi connectivity index (χ3v) is 8.24. The Balaban J connectivity index is 1.55. The lowest BCUT2D eigenvalue weighted by Crippen LogP contribution is -2.15. The summed E-state index contributed by atoms with van der Waals surface area (Å²) in [5.74, 6) is 0.821. The number of aryl methyl sites for hydroxylation is 1. The number of hydrogen-bond donors (Lipinski definition) is 1. The van der Waals surface area contributed by atoms with Gasteiger partial charge in [0.25, 0.3) is 5.91 Å². The molecular weight excluding hydrogens is 424 g/mol. The topological polar surface area (TPSA) is 93.9 Å². The Morgan fingerprint density at radius 2 is 1.88 bits per heavy atom. The van der Waals surface area contributed by atoms with Gasteiger partial charge in [0, 0.05) is 17.3 Å². The molecule has 1 saturated heterocycles. The minimum Gasteiger partial charge on any atom is -0.322 e. The Morgan fingerprint density at radius 1 is 1.16 bits per heavy atom. The van der Waals surface area contributed by atoms with Crippen molar-refractivity contribution in [1.29, 1.82) is 0 Å². The van der Waals surface area contributed by atoms with Crippen molar-refractivity contribution in [3.63, 3.8) is 0 Å². The monoisotopic (exact) mass is 452 g/mol. The van der Waals surface area contributed by atoms with Crippen LogP contribution in [0.25, 0.3) is 11.0 Å². The molecule has 1 atom stereocenters. The number of hydrogen-bond acceptors (Lipinski definition) is 5. The molecule has 1 aliphatic heterocycles. The standard InChI is InChI=1S/C24H28N4O3S/c1-14(2)16-6-8-18(9-7-16)25-24(29)20-12-21(17-4-5-17)26-23-22(20)15(3)27-28(23)19-10-11-32(30,31)13-19/h6-9,12,14,17,19H,4-5,10-11,13H2,1-3H3,(H,25,29)/t19-/m0/s1. The lowest BCUT2D eigenvalue weighted by Gasteiger charge is -2.12. The highest BCUT2D eigenvalue weighted by molar-refractivity contribution is 7.91. The Kier molecular flexibility index (Phi) is 5.08. The van der Waals surface area contributed by atoms with Gasteiger partial charge in [-0.2, -0.15) is 5.10 Å². The summed E-state index contributed by atoms with van der Waals surface area (Å²) in [5.41, 5.74) is 4.71. The van der Waals surface area contributed by atoms with Crippen molar-refractivity contribution in [2.75, 3.05) is 16.8 Å². The summed E-state index contributed by atoms with van der Waals surface area (Å²) >= 11 is 0. The summed E-state index contributed by atoms with van der Waals surface area (Å²) in [6.45, 7) is 6.13. The van der Waals surface area contributed by atoms with Gasteiger partial charge >= 0.3 is 0 Å². The van der Waals surface area contributed by atoms with Crippen molar-refractivity contribution < 1.29 is 13.2 Å². The fourth-order valence-corrected chi connectivity index (χ4v) is 6.16. The van der Waals surface area contributed by atoms with Gasteiger partial charge in [0.05, 0.1) is 34.2 Å². The summed E-state index contributed by atoms with van der Waals surface area (Å²) in [6, 6.07) is 9.56. The van der Waals surface area contributed by atoms with E-state index in [0.29, 0.717) is 40.5 Å². The second-order valence-electron chi connectivity index (χ2n) is 9.39. The maximum absolute atomic E-state index is 13.4. The molecule has 2 aliphatic rings. The average molecular weight is 453 g/mol. The molecule has 0 radical (unpaired) electrons. The summed E-state index contributed by atoms with van der Waals surface area (Å²) in [6.07, 6.45) is 2.64. The third kappa shape index (κ3) is 3.92. The summed E-state index contributed by atoms with van der Waals surface area (Å²) in [7, 11) is -3.06. The van der Waals surface area contributed by atoms with Crippen molar-refractivity contribution in [1.82, 2.24) is 14.8 Å². The van der Waals surface area contributed by atoms with Crippen molar-refractivity contribution >= 4 is 32.5 Å². The largest absolute Gasteiger partial charge is 0.322 e. The van der Waals surface area contributed by atoms with Gasteiger partial charge in [0.15, 0.2) is 15.5 Å². The molecule has 1 saturated carbocycles. The minimum absolute atomic E-state index is 0.0717. The number of benzene rings is 1. The van der Waals surface area contributed by atoms with Gasteiger partial charge in [-0.05, 0) is 55.9 Å². The maximum Gasteiger partial charge on any atom is 0.256 e. The first-order valence-electron chi connectivity index (χ1n) is 11.2. The van der Waals surface area contributed by atoms with Crippen LogP contribution in [0.15, 0.2) is 30.3 Å². The van der Waals surface area contributed by atoms with Gasteiger partial charge in [-0.3, -0.25) is 4.79 Å². The predicted molar refractivity (Wildman–Crippen MR) is 125 cm³/mol. The molecule has 2 fully saturated rings. The molecule has 1 aliphatic carbocycles. The zero-order valence-corrected chi connectivity index (χ0v) is 19.4. The molecule has 3 aromatic rings. The number of carbonyl (C=O) groups excluding carboxylic acids is 1. The zero-order chi connectivity index (χ0) is 22.6. The average Bonchev–Trinajstić information content (AvgIpc) is 3.47. The Morgan fingerprint density at radius 3 is 2.47 bits per heavy atom. The van der Waals surface area contributed by atoms with Crippen LogP contribution in [-0.4, -0.2) is 40.6 Å². The molecule has 0 unspecified atom stereocenters. The predicted octanol–water partition coefficient (Wildman–Crippen LogP) is 4.35. The molecule has 1 N–H and O–H groups in total. The van der Waals surface area contributed by atoms with E-state index >= 15 is 0 Å². The molecule has 1 amide bonds. The lowest BCUT2D eigenvalue weighted by molar-refractivity contribution is 0.102. The van der Waals surface area contributed by atoms with E-state index in [2.05, 4.69) is 24.3 Å². The molecule has 0 bridgehead atoms. The van der Waals surface area contributed by atoms with E-state index in [1.54, 1.807) is 4.68 Å². The first-order chi connectivity index (χ1) is 15.2. The number of anilines is 1. The highest BCUT2D eigenvalue weighted by Gasteiger charge is 2.34. The van der Waals surface area contributed by atoms with E-state index in [1.807, 2.05) is 37.3 Å². The molecule has 7 nitrogen and oxygen atoms in total. The highest BCUT2D eigenvalue weighted by Crippen LogP contribution is 2.41. The van der Waals surface area contributed by atoms with Crippen LogP contribution in [0.2, 0.25) is 0 Å². The van der Waals surface area contributed by atoms with Crippen molar-refractivity contribution in [2.24, 2.45) is 0 Å². The van der Waals surface area contributed by atoms with Crippen LogP contribution in [0.3, 0.4) is 0 Å². The summed E-state index contributed by atoms with van der Waals surface area (Å²) < 4.78 is 25.9. The number of sulfone groups is 1. The second-order valence-corrected chi connectivity index (χ2v) is 11.6. The smallest absolute Gasteiger partial charge is 0.256 e. The molecule has 32 heavy (non-hydrogen) atoms. The van der Waals surface area contributed by atoms with Gasteiger partial charge in [-0.15, -0.1) is 0 Å². The number of carbonyl (C=O) groups is 1. The Hall–Kier alpha value is -2.74. The minimum atomic E-state index is -3.06. The molecular formula is C24H28N4O3S. The Labute approximate surface area is 188 Å². The van der Waals surface area contributed by atoms with Crippen molar-refractivity contribution in [3.05, 3.63) is 52.8 Å². The number of amides is 1. The number of aromatic nitrogens is 3. The Bertz CT molecular complexity index is 1310. The third-order valence-electron chi connectivity index (χ3n) is 6.49. The fraction of sp³-hybridized carbons (Fsp3) is 0.458. The summed E-state index contributed by atoms with van der Waals surface area (Å²) in [4.78, 5) is 18.2. The second kappa shape index (κ2) is 7.69. The molecule has 3 heterocycles. The maximum atomic E-state index is 13.4. The molecule has 5 rings (SSSR count). The van der Waals surface area contributed by atoms with E-state index in [-0.39, 0.29) is 23.5 Å². The van der Waals surface area contributed by atoms with Crippen molar-refractivity contribution in [2.45, 2.75) is 57.9 Å². The fourth-order valence-electron chi connectivity index (χ4n) is 4.47. The van der Waals surface area contributed by atoms with Gasteiger partial charge in [0.1, 0.15) is 0 Å². The van der Waals surface area contributed by atoms with Crippen LogP contribution in [0.4, 0.5) is 5.69 Å². The molecule has 2 aromatic heterocycles. The highest BCUT2D eigenvalue weighted by atomic mass is 32.2. The first kappa shape index (κ1) is 21.1. The van der Waals surface area contributed by atoms with E-state index < -0.39 is 9.84 Å². The number of rotatable bonds is 5. The van der Waals surface area contributed by atoms with E-state index in [0.717, 1.165) is 24.2 Å². The molecule has 1 aromatic carbocycles. The van der Waals surface area contributed by atoms with Gasteiger partial charge in [-0.1, -0.05) is 26.0 Å². The van der Waals surface area contributed by atoms with Gasteiger partial charge < -0.3 is 5.32 Å². The van der Waals surface area contributed by atoms with E-state index in [4.69, 9.17) is 4.98 Å². The number of nitrogens with zero attached hydrogens (tertiary/aromatic N) is 3. The molecule has 8 heteroatoms. The van der Waals surface area contributed by atoms with Crippen LogP contribution in [-0.2, 0) is 9.84 Å². The number of nitrogens with one attached hydrogen (secondary N) is 1. The quantitative estimate of drug-likeness (QED) is 0.621. The van der Waals surface area contributed by atoms with Gasteiger partial charge in [-0.25, -0.2) is 18.1 Å². The molecule has 0 spiro atoms.